The highest BCUT2D eigenvalue weighted by Gasteiger charge is 2.15. The Kier molecular flexibility index (Phi) is 11.4. The Labute approximate surface area is 123 Å². The summed E-state index contributed by atoms with van der Waals surface area (Å²) in [5.74, 6) is 0.614. The molecule has 0 rings (SSSR count). The smallest absolute Gasteiger partial charge is 0.306 e. The Morgan fingerprint density at radius 1 is 1.00 bits per heavy atom. The van der Waals surface area contributed by atoms with E-state index in [1.165, 1.54) is 25.7 Å². The fourth-order valence-corrected chi connectivity index (χ4v) is 1.94. The zero-order valence-electron chi connectivity index (χ0n) is 12.8. The number of esters is 1. The SMILES string of the molecule is CC(C)(C)OC(=O)CCCCCCCCNCCCl. The van der Waals surface area contributed by atoms with Crippen LogP contribution in [0.5, 0.6) is 0 Å². The summed E-state index contributed by atoms with van der Waals surface area (Å²) in [4.78, 5) is 11.5. The summed E-state index contributed by atoms with van der Waals surface area (Å²) >= 11 is 5.56. The maximum Gasteiger partial charge on any atom is 0.306 e. The van der Waals surface area contributed by atoms with Crippen molar-refractivity contribution in [1.82, 2.24) is 5.32 Å². The van der Waals surface area contributed by atoms with Crippen LogP contribution >= 0.6 is 11.6 Å². The van der Waals surface area contributed by atoms with Gasteiger partial charge in [-0.15, -0.1) is 11.6 Å². The maximum absolute atomic E-state index is 11.5. The van der Waals surface area contributed by atoms with E-state index < -0.39 is 0 Å². The van der Waals surface area contributed by atoms with Crippen molar-refractivity contribution in [2.24, 2.45) is 0 Å². The summed E-state index contributed by atoms with van der Waals surface area (Å²) in [6, 6.07) is 0. The summed E-state index contributed by atoms with van der Waals surface area (Å²) < 4.78 is 5.26. The number of unbranched alkanes of at least 4 members (excludes halogenated alkanes) is 5. The van der Waals surface area contributed by atoms with E-state index in [1.807, 2.05) is 20.8 Å². The molecule has 1 N–H and O–H groups in total. The first-order valence-electron chi connectivity index (χ1n) is 7.44. The number of hydrogen-bond acceptors (Lipinski definition) is 3. The predicted molar refractivity (Wildman–Crippen MR) is 81.8 cm³/mol. The van der Waals surface area contributed by atoms with Gasteiger partial charge >= 0.3 is 5.97 Å². The Morgan fingerprint density at radius 3 is 2.16 bits per heavy atom. The molecule has 0 aliphatic rings. The number of carbonyl (C=O) groups excluding carboxylic acids is 1. The lowest BCUT2D eigenvalue weighted by Gasteiger charge is -2.19. The van der Waals surface area contributed by atoms with E-state index in [2.05, 4.69) is 5.32 Å². The monoisotopic (exact) mass is 291 g/mol. The number of ether oxygens (including phenoxy) is 1. The van der Waals surface area contributed by atoms with Crippen LogP contribution in [-0.2, 0) is 9.53 Å². The number of rotatable bonds is 11. The molecular formula is C15H30ClNO2. The molecule has 0 radical (unpaired) electrons. The molecule has 0 aromatic heterocycles. The standard InChI is InChI=1S/C15H30ClNO2/c1-15(2,3)19-14(18)10-8-6-4-5-7-9-12-17-13-11-16/h17H,4-13H2,1-3H3. The predicted octanol–water partition coefficient (Wildman–Crippen LogP) is 3.89. The van der Waals surface area contributed by atoms with Crippen molar-refractivity contribution in [3.05, 3.63) is 0 Å². The molecule has 114 valence electrons. The lowest BCUT2D eigenvalue weighted by molar-refractivity contribution is -0.154. The van der Waals surface area contributed by atoms with E-state index in [1.54, 1.807) is 0 Å². The number of nitrogens with one attached hydrogen (secondary N) is 1. The second kappa shape index (κ2) is 11.5. The van der Waals surface area contributed by atoms with Crippen LogP contribution in [0.2, 0.25) is 0 Å². The number of halogens is 1. The molecule has 0 unspecified atom stereocenters. The highest BCUT2D eigenvalue weighted by atomic mass is 35.5. The van der Waals surface area contributed by atoms with Gasteiger partial charge in [0, 0.05) is 18.8 Å². The molecule has 0 aliphatic carbocycles. The molecule has 0 aliphatic heterocycles. The van der Waals surface area contributed by atoms with Crippen LogP contribution in [0, 0.1) is 0 Å². The van der Waals surface area contributed by atoms with Gasteiger partial charge in [-0.2, -0.15) is 0 Å². The van der Waals surface area contributed by atoms with Crippen LogP contribution in [0.15, 0.2) is 0 Å². The molecule has 0 saturated carbocycles. The minimum atomic E-state index is -0.354. The topological polar surface area (TPSA) is 38.3 Å². The van der Waals surface area contributed by atoms with Crippen LogP contribution in [0.3, 0.4) is 0 Å². The number of carbonyl (C=O) groups is 1. The Hall–Kier alpha value is -0.280. The lowest BCUT2D eigenvalue weighted by Crippen LogP contribution is -2.23. The van der Waals surface area contributed by atoms with Crippen LogP contribution < -0.4 is 5.32 Å². The second-order valence-corrected chi connectivity index (χ2v) is 6.27. The van der Waals surface area contributed by atoms with Gasteiger partial charge in [0.05, 0.1) is 0 Å². The normalized spacial score (nSPS) is 11.6. The fraction of sp³-hybridized carbons (Fsp3) is 0.933. The van der Waals surface area contributed by atoms with Crippen molar-refractivity contribution in [1.29, 1.82) is 0 Å². The largest absolute Gasteiger partial charge is 0.460 e. The fourth-order valence-electron chi connectivity index (χ4n) is 1.81. The van der Waals surface area contributed by atoms with Crippen molar-refractivity contribution in [2.75, 3.05) is 19.0 Å². The third-order valence-electron chi connectivity index (χ3n) is 2.68. The van der Waals surface area contributed by atoms with Crippen molar-refractivity contribution >= 4 is 17.6 Å². The minimum absolute atomic E-state index is 0.0715. The highest BCUT2D eigenvalue weighted by Crippen LogP contribution is 2.11. The van der Waals surface area contributed by atoms with E-state index >= 15 is 0 Å². The molecule has 3 nitrogen and oxygen atoms in total. The number of hydrogen-bond donors (Lipinski definition) is 1. The molecule has 0 spiro atoms. The Bertz CT molecular complexity index is 227. The first-order chi connectivity index (χ1) is 8.95. The van der Waals surface area contributed by atoms with Gasteiger partial charge in [-0.3, -0.25) is 4.79 Å². The average Bonchev–Trinajstić information content (AvgIpc) is 2.29. The van der Waals surface area contributed by atoms with Crippen LogP contribution in [0.25, 0.3) is 0 Å². The Balaban J connectivity index is 3.21. The summed E-state index contributed by atoms with van der Waals surface area (Å²) in [6.07, 6.45) is 7.53. The maximum atomic E-state index is 11.5. The summed E-state index contributed by atoms with van der Waals surface area (Å²) in [7, 11) is 0. The van der Waals surface area contributed by atoms with E-state index in [0.29, 0.717) is 12.3 Å². The van der Waals surface area contributed by atoms with Crippen LogP contribution in [0.1, 0.15) is 65.7 Å². The average molecular weight is 292 g/mol. The molecule has 0 aromatic rings. The van der Waals surface area contributed by atoms with Crippen LogP contribution in [0.4, 0.5) is 0 Å². The van der Waals surface area contributed by atoms with Gasteiger partial charge in [0.25, 0.3) is 0 Å². The molecule has 4 heteroatoms. The molecular weight excluding hydrogens is 262 g/mol. The second-order valence-electron chi connectivity index (χ2n) is 5.90. The van der Waals surface area contributed by atoms with Crippen molar-refractivity contribution < 1.29 is 9.53 Å². The highest BCUT2D eigenvalue weighted by molar-refractivity contribution is 6.18. The van der Waals surface area contributed by atoms with E-state index in [0.717, 1.165) is 25.9 Å². The van der Waals surface area contributed by atoms with Crippen molar-refractivity contribution in [2.45, 2.75) is 71.3 Å². The van der Waals surface area contributed by atoms with E-state index in [9.17, 15) is 4.79 Å². The van der Waals surface area contributed by atoms with Gasteiger partial charge in [-0.05, 0) is 40.2 Å². The molecule has 0 amide bonds. The van der Waals surface area contributed by atoms with E-state index in [4.69, 9.17) is 16.3 Å². The van der Waals surface area contributed by atoms with Gasteiger partial charge in [-0.1, -0.05) is 25.7 Å². The molecule has 0 saturated heterocycles. The molecule has 0 heterocycles. The van der Waals surface area contributed by atoms with Crippen molar-refractivity contribution in [3.63, 3.8) is 0 Å². The number of alkyl halides is 1. The molecule has 0 fully saturated rings. The zero-order valence-corrected chi connectivity index (χ0v) is 13.5. The molecule has 19 heavy (non-hydrogen) atoms. The third-order valence-corrected chi connectivity index (χ3v) is 2.86. The summed E-state index contributed by atoms with van der Waals surface area (Å²) in [5.41, 5.74) is -0.354. The summed E-state index contributed by atoms with van der Waals surface area (Å²) in [6.45, 7) is 7.68. The van der Waals surface area contributed by atoms with E-state index in [-0.39, 0.29) is 11.6 Å². The summed E-state index contributed by atoms with van der Waals surface area (Å²) in [5, 5.41) is 3.28. The Morgan fingerprint density at radius 2 is 1.58 bits per heavy atom. The lowest BCUT2D eigenvalue weighted by atomic mass is 10.1. The van der Waals surface area contributed by atoms with Gasteiger partial charge in [-0.25, -0.2) is 0 Å². The van der Waals surface area contributed by atoms with Gasteiger partial charge in [0.15, 0.2) is 0 Å². The van der Waals surface area contributed by atoms with Crippen molar-refractivity contribution in [3.8, 4) is 0 Å². The zero-order chi connectivity index (χ0) is 14.6. The first-order valence-corrected chi connectivity index (χ1v) is 7.97. The van der Waals surface area contributed by atoms with Gasteiger partial charge in [0.2, 0.25) is 0 Å². The van der Waals surface area contributed by atoms with Crippen LogP contribution in [-0.4, -0.2) is 30.5 Å². The molecule has 0 aromatic carbocycles. The molecule has 0 bridgehead atoms. The molecule has 0 atom stereocenters. The quantitative estimate of drug-likeness (QED) is 0.357. The minimum Gasteiger partial charge on any atom is -0.460 e. The van der Waals surface area contributed by atoms with Gasteiger partial charge in [0.1, 0.15) is 5.60 Å². The first kappa shape index (κ1) is 18.7. The van der Waals surface area contributed by atoms with Gasteiger partial charge < -0.3 is 10.1 Å². The third kappa shape index (κ3) is 15.7.